The molecule has 0 N–H and O–H groups in total. The predicted molar refractivity (Wildman–Crippen MR) is 73.3 cm³/mol. The van der Waals surface area contributed by atoms with Crippen molar-refractivity contribution in [1.29, 1.82) is 0 Å². The third kappa shape index (κ3) is 3.84. The standard InChI is InChI=1S/C13H17NO3S/c1-4-9(2)8-18-11-5-6-13(14(16)17)12(7-11)10(3)15/h5-7,9H,4,8H2,1-3H3. The molecule has 1 unspecified atom stereocenters. The van der Waals surface area contributed by atoms with E-state index in [1.54, 1.807) is 23.9 Å². The number of carbonyl (C=O) groups excluding carboxylic acids is 1. The van der Waals surface area contributed by atoms with Crippen LogP contribution in [-0.2, 0) is 0 Å². The van der Waals surface area contributed by atoms with Gasteiger partial charge < -0.3 is 0 Å². The molecule has 98 valence electrons. The first-order valence-electron chi connectivity index (χ1n) is 5.87. The molecule has 0 amide bonds. The zero-order chi connectivity index (χ0) is 13.7. The van der Waals surface area contributed by atoms with Crippen LogP contribution in [-0.4, -0.2) is 16.5 Å². The number of nitro groups is 1. The minimum absolute atomic E-state index is 0.115. The maximum absolute atomic E-state index is 11.4. The molecule has 0 spiro atoms. The maximum Gasteiger partial charge on any atom is 0.280 e. The zero-order valence-corrected chi connectivity index (χ0v) is 11.6. The molecule has 0 aliphatic heterocycles. The third-order valence-electron chi connectivity index (χ3n) is 2.78. The zero-order valence-electron chi connectivity index (χ0n) is 10.8. The average molecular weight is 267 g/mol. The molecule has 5 heteroatoms. The molecule has 0 aromatic heterocycles. The number of hydrogen-bond donors (Lipinski definition) is 0. The van der Waals surface area contributed by atoms with Crippen molar-refractivity contribution in [2.24, 2.45) is 5.92 Å². The summed E-state index contributed by atoms with van der Waals surface area (Å²) in [6.07, 6.45) is 1.10. The SMILES string of the molecule is CCC(C)CSc1ccc([N+](=O)[O-])c(C(C)=O)c1. The molecule has 1 aromatic carbocycles. The van der Waals surface area contributed by atoms with Gasteiger partial charge in [0.1, 0.15) is 0 Å². The number of thioether (sulfide) groups is 1. The molecular weight excluding hydrogens is 250 g/mol. The van der Waals surface area contributed by atoms with Crippen LogP contribution in [0.2, 0.25) is 0 Å². The van der Waals surface area contributed by atoms with E-state index in [0.29, 0.717) is 5.92 Å². The Balaban J connectivity index is 2.93. The molecule has 18 heavy (non-hydrogen) atoms. The minimum Gasteiger partial charge on any atom is -0.294 e. The van der Waals surface area contributed by atoms with E-state index in [0.717, 1.165) is 17.1 Å². The molecule has 1 rings (SSSR count). The van der Waals surface area contributed by atoms with Crippen LogP contribution in [0.1, 0.15) is 37.6 Å². The van der Waals surface area contributed by atoms with Crippen LogP contribution in [0.4, 0.5) is 5.69 Å². The number of nitro benzene ring substituents is 1. The molecule has 1 atom stereocenters. The van der Waals surface area contributed by atoms with Crippen molar-refractivity contribution in [3.8, 4) is 0 Å². The number of hydrogen-bond acceptors (Lipinski definition) is 4. The van der Waals surface area contributed by atoms with Gasteiger partial charge in [-0.15, -0.1) is 11.8 Å². The topological polar surface area (TPSA) is 60.2 Å². The Bertz CT molecular complexity index is 460. The van der Waals surface area contributed by atoms with E-state index in [-0.39, 0.29) is 17.0 Å². The lowest BCUT2D eigenvalue weighted by atomic mass is 10.1. The van der Waals surface area contributed by atoms with E-state index < -0.39 is 4.92 Å². The number of Topliss-reactive ketones (excluding diaryl/α,β-unsaturated/α-hetero) is 1. The summed E-state index contributed by atoms with van der Waals surface area (Å²) in [5.41, 5.74) is 0.0736. The summed E-state index contributed by atoms with van der Waals surface area (Å²) in [5.74, 6) is 1.27. The first kappa shape index (κ1) is 14.7. The highest BCUT2D eigenvalue weighted by Crippen LogP contribution is 2.28. The van der Waals surface area contributed by atoms with Gasteiger partial charge in [0.05, 0.1) is 10.5 Å². The summed E-state index contributed by atoms with van der Waals surface area (Å²) in [6.45, 7) is 5.64. The van der Waals surface area contributed by atoms with Crippen molar-refractivity contribution in [2.45, 2.75) is 32.1 Å². The van der Waals surface area contributed by atoms with Crippen LogP contribution in [0.3, 0.4) is 0 Å². The molecule has 4 nitrogen and oxygen atoms in total. The second kappa shape index (κ2) is 6.54. The van der Waals surface area contributed by atoms with Gasteiger partial charge in [-0.3, -0.25) is 14.9 Å². The second-order valence-electron chi connectivity index (χ2n) is 4.32. The Morgan fingerprint density at radius 3 is 2.67 bits per heavy atom. The molecule has 0 saturated carbocycles. The van der Waals surface area contributed by atoms with E-state index in [9.17, 15) is 14.9 Å². The first-order valence-corrected chi connectivity index (χ1v) is 6.86. The predicted octanol–water partition coefficient (Wildman–Crippen LogP) is 3.94. The number of nitrogens with zero attached hydrogens (tertiary/aromatic N) is 1. The highest BCUT2D eigenvalue weighted by molar-refractivity contribution is 7.99. The lowest BCUT2D eigenvalue weighted by molar-refractivity contribution is -0.385. The Kier molecular flexibility index (Phi) is 5.34. The maximum atomic E-state index is 11.4. The van der Waals surface area contributed by atoms with Crippen molar-refractivity contribution in [3.05, 3.63) is 33.9 Å². The van der Waals surface area contributed by atoms with Crippen LogP contribution in [0.15, 0.2) is 23.1 Å². The number of ketones is 1. The van der Waals surface area contributed by atoms with Gasteiger partial charge in [-0.2, -0.15) is 0 Å². The van der Waals surface area contributed by atoms with Crippen molar-refractivity contribution in [1.82, 2.24) is 0 Å². The van der Waals surface area contributed by atoms with Crippen LogP contribution < -0.4 is 0 Å². The number of benzene rings is 1. The molecule has 0 saturated heterocycles. The van der Waals surface area contributed by atoms with Gasteiger partial charge in [-0.25, -0.2) is 0 Å². The van der Waals surface area contributed by atoms with Gasteiger partial charge in [0.25, 0.3) is 5.69 Å². The van der Waals surface area contributed by atoms with E-state index in [4.69, 9.17) is 0 Å². The second-order valence-corrected chi connectivity index (χ2v) is 5.41. The monoisotopic (exact) mass is 267 g/mol. The van der Waals surface area contributed by atoms with Gasteiger partial charge >= 0.3 is 0 Å². The molecule has 0 aliphatic carbocycles. The molecule has 0 bridgehead atoms. The summed E-state index contributed by atoms with van der Waals surface area (Å²) in [4.78, 5) is 22.6. The largest absolute Gasteiger partial charge is 0.294 e. The summed E-state index contributed by atoms with van der Waals surface area (Å²) in [5, 5.41) is 10.8. The van der Waals surface area contributed by atoms with E-state index in [2.05, 4.69) is 13.8 Å². The third-order valence-corrected chi connectivity index (χ3v) is 4.10. The fourth-order valence-corrected chi connectivity index (χ4v) is 2.48. The summed E-state index contributed by atoms with van der Waals surface area (Å²) in [6, 6.07) is 4.74. The molecule has 0 aliphatic rings. The van der Waals surface area contributed by atoms with E-state index >= 15 is 0 Å². The fraction of sp³-hybridized carbons (Fsp3) is 0.462. The molecule has 0 heterocycles. The molecule has 1 aromatic rings. The van der Waals surface area contributed by atoms with Crippen molar-refractivity contribution < 1.29 is 9.72 Å². The van der Waals surface area contributed by atoms with Crippen molar-refractivity contribution in [2.75, 3.05) is 5.75 Å². The fourth-order valence-electron chi connectivity index (χ4n) is 1.40. The van der Waals surface area contributed by atoms with Crippen LogP contribution in [0.5, 0.6) is 0 Å². The van der Waals surface area contributed by atoms with Crippen molar-refractivity contribution >= 4 is 23.2 Å². The Labute approximate surface area is 111 Å². The highest BCUT2D eigenvalue weighted by Gasteiger charge is 2.17. The van der Waals surface area contributed by atoms with Crippen molar-refractivity contribution in [3.63, 3.8) is 0 Å². The van der Waals surface area contributed by atoms with Gasteiger partial charge in [-0.05, 0) is 25.0 Å². The van der Waals surface area contributed by atoms with Crippen LogP contribution in [0, 0.1) is 16.0 Å². The molecular formula is C13H17NO3S. The van der Waals surface area contributed by atoms with E-state index in [1.165, 1.54) is 13.0 Å². The van der Waals surface area contributed by atoms with E-state index in [1.807, 2.05) is 0 Å². The molecule has 0 fully saturated rings. The lowest BCUT2D eigenvalue weighted by Gasteiger charge is -2.08. The lowest BCUT2D eigenvalue weighted by Crippen LogP contribution is -2.01. The summed E-state index contributed by atoms with van der Waals surface area (Å²) in [7, 11) is 0. The van der Waals surface area contributed by atoms with Gasteiger partial charge in [0.2, 0.25) is 0 Å². The smallest absolute Gasteiger partial charge is 0.280 e. The number of rotatable bonds is 6. The Hall–Kier alpha value is -1.36. The Morgan fingerprint density at radius 1 is 1.50 bits per heavy atom. The minimum atomic E-state index is -0.514. The van der Waals surface area contributed by atoms with Gasteiger partial charge in [0, 0.05) is 16.7 Å². The quantitative estimate of drug-likeness (QED) is 0.339. The van der Waals surface area contributed by atoms with Gasteiger partial charge in [-0.1, -0.05) is 20.3 Å². The Morgan fingerprint density at radius 2 is 2.17 bits per heavy atom. The molecule has 0 radical (unpaired) electrons. The normalized spacial score (nSPS) is 12.2. The van der Waals surface area contributed by atoms with Crippen LogP contribution in [0.25, 0.3) is 0 Å². The summed E-state index contributed by atoms with van der Waals surface area (Å²) >= 11 is 1.63. The average Bonchev–Trinajstić information content (AvgIpc) is 2.35. The van der Waals surface area contributed by atoms with Crippen LogP contribution >= 0.6 is 11.8 Å². The summed E-state index contributed by atoms with van der Waals surface area (Å²) < 4.78 is 0. The van der Waals surface area contributed by atoms with Gasteiger partial charge in [0.15, 0.2) is 5.78 Å². The first-order chi connectivity index (χ1) is 8.45. The highest BCUT2D eigenvalue weighted by atomic mass is 32.2. The number of carbonyl (C=O) groups is 1.